The maximum Gasteiger partial charge on any atom is 0.120 e. The number of thioether (sulfide) groups is 1. The molecule has 1 heterocycles. The Morgan fingerprint density at radius 2 is 2.36 bits per heavy atom. The minimum atomic E-state index is 0.333. The molecule has 1 atom stereocenters. The van der Waals surface area contributed by atoms with Crippen LogP contribution in [-0.2, 0) is 0 Å². The monoisotopic (exact) mass is 213 g/mol. The summed E-state index contributed by atoms with van der Waals surface area (Å²) in [6, 6.07) is 4.28. The molecule has 1 aromatic heterocycles. The molecule has 0 fully saturated rings. The average molecular weight is 213 g/mol. The normalized spacial score (nSPS) is 13.0. The van der Waals surface area contributed by atoms with Crippen molar-refractivity contribution in [2.75, 3.05) is 18.6 Å². The van der Waals surface area contributed by atoms with E-state index in [1.807, 2.05) is 23.9 Å². The van der Waals surface area contributed by atoms with Crippen LogP contribution in [0.25, 0.3) is 0 Å². The van der Waals surface area contributed by atoms with Crippen molar-refractivity contribution in [1.29, 1.82) is 0 Å². The van der Waals surface area contributed by atoms with Crippen molar-refractivity contribution < 1.29 is 4.42 Å². The summed E-state index contributed by atoms with van der Waals surface area (Å²) in [5.41, 5.74) is 0. The molecule has 1 N–H and O–H groups in total. The SMILES string of the molecule is CSCCCCN[C@@H](C)c1ccco1. The highest BCUT2D eigenvalue weighted by molar-refractivity contribution is 7.98. The summed E-state index contributed by atoms with van der Waals surface area (Å²) < 4.78 is 5.31. The molecule has 0 saturated heterocycles. The van der Waals surface area contributed by atoms with Crippen molar-refractivity contribution in [2.24, 2.45) is 0 Å². The molecule has 1 rings (SSSR count). The Hall–Kier alpha value is -0.410. The molecule has 0 spiro atoms. The van der Waals surface area contributed by atoms with E-state index in [-0.39, 0.29) is 0 Å². The van der Waals surface area contributed by atoms with E-state index in [0.717, 1.165) is 12.3 Å². The van der Waals surface area contributed by atoms with Crippen molar-refractivity contribution in [3.8, 4) is 0 Å². The molecular weight excluding hydrogens is 194 g/mol. The molecule has 0 aromatic carbocycles. The Labute approximate surface area is 90.5 Å². The quantitative estimate of drug-likeness (QED) is 0.705. The van der Waals surface area contributed by atoms with Gasteiger partial charge in [-0.25, -0.2) is 0 Å². The van der Waals surface area contributed by atoms with Crippen LogP contribution in [0.1, 0.15) is 31.6 Å². The number of nitrogens with one attached hydrogen (secondary N) is 1. The zero-order valence-electron chi connectivity index (χ0n) is 8.95. The predicted molar refractivity (Wildman–Crippen MR) is 62.7 cm³/mol. The van der Waals surface area contributed by atoms with Crippen molar-refractivity contribution in [2.45, 2.75) is 25.8 Å². The molecule has 14 heavy (non-hydrogen) atoms. The van der Waals surface area contributed by atoms with E-state index >= 15 is 0 Å². The first-order valence-electron chi connectivity index (χ1n) is 5.10. The Bertz CT molecular complexity index is 223. The topological polar surface area (TPSA) is 25.2 Å². The molecule has 0 unspecified atom stereocenters. The van der Waals surface area contributed by atoms with Gasteiger partial charge in [0.15, 0.2) is 0 Å². The third kappa shape index (κ3) is 4.20. The first-order chi connectivity index (χ1) is 6.84. The molecule has 2 nitrogen and oxygen atoms in total. The predicted octanol–water partition coefficient (Wildman–Crippen LogP) is 3.07. The molecule has 0 radical (unpaired) electrons. The van der Waals surface area contributed by atoms with Crippen LogP contribution in [0, 0.1) is 0 Å². The second kappa shape index (κ2) is 6.96. The van der Waals surface area contributed by atoms with Crippen molar-refractivity contribution >= 4 is 11.8 Å². The number of rotatable bonds is 7. The fraction of sp³-hybridized carbons (Fsp3) is 0.636. The van der Waals surface area contributed by atoms with Gasteiger partial charge in [0, 0.05) is 0 Å². The summed E-state index contributed by atoms with van der Waals surface area (Å²) in [5, 5.41) is 3.44. The highest BCUT2D eigenvalue weighted by Crippen LogP contribution is 2.11. The second-order valence-electron chi connectivity index (χ2n) is 3.39. The zero-order chi connectivity index (χ0) is 10.2. The molecule has 80 valence electrons. The molecular formula is C11H19NOS. The van der Waals surface area contributed by atoms with Gasteiger partial charge in [-0.05, 0) is 50.5 Å². The van der Waals surface area contributed by atoms with Gasteiger partial charge >= 0.3 is 0 Å². The van der Waals surface area contributed by atoms with Crippen LogP contribution in [0.5, 0.6) is 0 Å². The summed E-state index contributed by atoms with van der Waals surface area (Å²) in [6.45, 7) is 3.20. The van der Waals surface area contributed by atoms with Crippen molar-refractivity contribution in [1.82, 2.24) is 5.32 Å². The van der Waals surface area contributed by atoms with Gasteiger partial charge in [0.25, 0.3) is 0 Å². The lowest BCUT2D eigenvalue weighted by Gasteiger charge is -2.10. The lowest BCUT2D eigenvalue weighted by Crippen LogP contribution is -2.19. The Morgan fingerprint density at radius 3 is 3.00 bits per heavy atom. The smallest absolute Gasteiger partial charge is 0.120 e. The maximum atomic E-state index is 5.31. The lowest BCUT2D eigenvalue weighted by molar-refractivity contribution is 0.428. The summed E-state index contributed by atoms with van der Waals surface area (Å²) in [7, 11) is 0. The Morgan fingerprint density at radius 1 is 1.50 bits per heavy atom. The third-order valence-electron chi connectivity index (χ3n) is 2.20. The van der Waals surface area contributed by atoms with Crippen LogP contribution in [0.15, 0.2) is 22.8 Å². The van der Waals surface area contributed by atoms with Crippen LogP contribution >= 0.6 is 11.8 Å². The summed E-state index contributed by atoms with van der Waals surface area (Å²) >= 11 is 1.91. The first-order valence-corrected chi connectivity index (χ1v) is 6.49. The number of unbranched alkanes of at least 4 members (excludes halogenated alkanes) is 1. The second-order valence-corrected chi connectivity index (χ2v) is 4.38. The molecule has 0 bridgehead atoms. The van der Waals surface area contributed by atoms with Gasteiger partial charge in [-0.1, -0.05) is 0 Å². The molecule has 0 aliphatic carbocycles. The van der Waals surface area contributed by atoms with Crippen LogP contribution in [0.2, 0.25) is 0 Å². The van der Waals surface area contributed by atoms with Crippen LogP contribution in [0.4, 0.5) is 0 Å². The highest BCUT2D eigenvalue weighted by atomic mass is 32.2. The summed E-state index contributed by atoms with van der Waals surface area (Å²) in [6.07, 6.45) is 6.41. The van der Waals surface area contributed by atoms with E-state index in [2.05, 4.69) is 18.5 Å². The molecule has 0 saturated carbocycles. The lowest BCUT2D eigenvalue weighted by atomic mass is 10.2. The molecule has 0 aliphatic heterocycles. The summed E-state index contributed by atoms with van der Waals surface area (Å²) in [5.74, 6) is 2.28. The Kier molecular flexibility index (Phi) is 5.80. The molecule has 3 heteroatoms. The molecule has 0 aliphatic rings. The number of hydrogen-bond donors (Lipinski definition) is 1. The fourth-order valence-electron chi connectivity index (χ4n) is 1.33. The van der Waals surface area contributed by atoms with E-state index in [1.54, 1.807) is 6.26 Å². The maximum absolute atomic E-state index is 5.31. The zero-order valence-corrected chi connectivity index (χ0v) is 9.77. The standard InChI is InChI=1S/C11H19NOS/c1-10(11-6-5-8-13-11)12-7-3-4-9-14-2/h5-6,8,10,12H,3-4,7,9H2,1-2H3/t10-/m0/s1. The van der Waals surface area contributed by atoms with E-state index in [9.17, 15) is 0 Å². The van der Waals surface area contributed by atoms with Gasteiger partial charge in [-0.3, -0.25) is 0 Å². The highest BCUT2D eigenvalue weighted by Gasteiger charge is 2.05. The van der Waals surface area contributed by atoms with Crippen LogP contribution < -0.4 is 5.32 Å². The van der Waals surface area contributed by atoms with Crippen molar-refractivity contribution in [3.63, 3.8) is 0 Å². The fourth-order valence-corrected chi connectivity index (χ4v) is 1.82. The molecule has 0 amide bonds. The van der Waals surface area contributed by atoms with Crippen LogP contribution in [0.3, 0.4) is 0 Å². The third-order valence-corrected chi connectivity index (χ3v) is 2.89. The van der Waals surface area contributed by atoms with E-state index in [1.165, 1.54) is 18.6 Å². The summed E-state index contributed by atoms with van der Waals surface area (Å²) in [4.78, 5) is 0. The van der Waals surface area contributed by atoms with E-state index in [4.69, 9.17) is 4.42 Å². The van der Waals surface area contributed by atoms with Gasteiger partial charge in [-0.15, -0.1) is 0 Å². The minimum Gasteiger partial charge on any atom is -0.468 e. The van der Waals surface area contributed by atoms with Gasteiger partial charge in [0.05, 0.1) is 12.3 Å². The average Bonchev–Trinajstić information content (AvgIpc) is 2.70. The van der Waals surface area contributed by atoms with Gasteiger partial charge in [0.2, 0.25) is 0 Å². The first kappa shape index (κ1) is 11.7. The number of hydrogen-bond acceptors (Lipinski definition) is 3. The van der Waals surface area contributed by atoms with Crippen LogP contribution in [-0.4, -0.2) is 18.6 Å². The van der Waals surface area contributed by atoms with Gasteiger partial charge in [0.1, 0.15) is 5.76 Å². The van der Waals surface area contributed by atoms with Gasteiger partial charge in [-0.2, -0.15) is 11.8 Å². The minimum absolute atomic E-state index is 0.333. The van der Waals surface area contributed by atoms with Gasteiger partial charge < -0.3 is 9.73 Å². The van der Waals surface area contributed by atoms with Crippen molar-refractivity contribution in [3.05, 3.63) is 24.2 Å². The van der Waals surface area contributed by atoms with E-state index < -0.39 is 0 Å². The molecule has 1 aromatic rings. The number of furan rings is 1. The van der Waals surface area contributed by atoms with E-state index in [0.29, 0.717) is 6.04 Å². The largest absolute Gasteiger partial charge is 0.468 e. The Balaban J connectivity index is 2.07.